The minimum atomic E-state index is -1.11. The van der Waals surface area contributed by atoms with Crippen LogP contribution in [0.15, 0.2) is 286 Å². The molecule has 9 heterocycles. The van der Waals surface area contributed by atoms with E-state index in [9.17, 15) is 0 Å². The number of benzene rings is 16. The zero-order chi connectivity index (χ0) is 93.2. The van der Waals surface area contributed by atoms with Gasteiger partial charge in [-0.2, -0.15) is 0 Å². The largest absolute Gasteiger partial charge is 0.455 e. The molecule has 4 aliphatic carbocycles. The van der Waals surface area contributed by atoms with Crippen LogP contribution in [-0.2, 0) is 48.7 Å². The molecule has 0 saturated heterocycles. The van der Waals surface area contributed by atoms with Crippen LogP contribution in [-0.4, -0.2) is 8.97 Å². The lowest BCUT2D eigenvalue weighted by Crippen LogP contribution is -2.49. The van der Waals surface area contributed by atoms with E-state index < -0.39 is 26.1 Å². The summed E-state index contributed by atoms with van der Waals surface area (Å²) in [4.78, 5) is 8.48. The van der Waals surface area contributed by atoms with E-state index in [4.69, 9.17) is 8.83 Å². The van der Waals surface area contributed by atoms with Gasteiger partial charge in [0.05, 0.1) is 82.4 Å². The molecule has 0 amide bonds. The molecule has 29 rings (SSSR count). The van der Waals surface area contributed by atoms with Crippen LogP contribution in [0.1, 0.15) is 243 Å². The topological polar surface area (TPSA) is 42.1 Å². The van der Waals surface area contributed by atoms with Crippen molar-refractivity contribution in [1.29, 1.82) is 0 Å². The Morgan fingerprint density at radius 3 is 1.15 bits per heavy atom. The molecule has 136 heavy (non-hydrogen) atoms. The van der Waals surface area contributed by atoms with E-state index in [0.29, 0.717) is 0 Å². The number of hydrogen-bond acceptors (Lipinski definition) is 5. The van der Waals surface area contributed by atoms with Crippen LogP contribution in [0.25, 0.3) is 115 Å². The summed E-state index contributed by atoms with van der Waals surface area (Å²) in [6.45, 7) is 52.8. The van der Waals surface area contributed by atoms with Gasteiger partial charge in [-0.05, 0) is 303 Å². The van der Waals surface area contributed by atoms with Crippen molar-refractivity contribution in [1.82, 2.24) is 8.97 Å². The Hall–Kier alpha value is -12.6. The van der Waals surface area contributed by atoms with Gasteiger partial charge in [-0.1, -0.05) is 327 Å². The average Bonchev–Trinajstić information content (AvgIpc) is 0.953. The van der Waals surface area contributed by atoms with Gasteiger partial charge in [0.25, 0.3) is 0 Å². The van der Waals surface area contributed by atoms with Gasteiger partial charge in [-0.25, -0.2) is 0 Å². The highest BCUT2D eigenvalue weighted by atomic mass is 32.2. The third kappa shape index (κ3) is 10.1. The van der Waals surface area contributed by atoms with Crippen LogP contribution in [0.5, 0.6) is 0 Å². The molecule has 6 nitrogen and oxygen atoms in total. The standard InChI is InChI=1S/C71H43N2O2P.C56H67N2PS/c1-38-30-59-67-63(32-38)74-64-33-39(2)31-60-68(64)76(67)69-61(72(59)41-28-29-48-46-20-8-14-26-54(46)70(56(48)35-41)50-22-10-4-16-42(50)43-17-5-11-23-51(43)70)34-40(3)66-65(69)73(60)58-37-57-49(36-62(58)75-66)47-21-9-15-27-55(47)71(57)52-24-12-6-18-44(52)45-19-7-13-25-53(45)71;1-50(2,3)30-20-22-37-33(24-30)55(16,17)43-35(53(10,11)12)28-41-48-45(43)57(37)39-26-32(52(7,8)9)27-40-47(39)59(48)49-42(60-41)29-36(54(13,14)15)44-46(49)58(40)38-23-21-31(51(4,5)6)25-34(38)56(44,18)19/h4-37H,1-3H3;20-29H,1-19H3. The molecule has 0 N–H and O–H groups in total. The van der Waals surface area contributed by atoms with Crippen LogP contribution in [0, 0.1) is 20.8 Å². The molecule has 16 aromatic carbocycles. The maximum Gasteiger partial charge on any atom is 0.155 e. The molecular weight excluding hydrogens is 1710 g/mol. The summed E-state index contributed by atoms with van der Waals surface area (Å²) in [5.41, 5.74) is 54.9. The molecule has 1 unspecified atom stereocenters. The minimum absolute atomic E-state index is 0.0400. The number of anilines is 6. The van der Waals surface area contributed by atoms with Gasteiger partial charge >= 0.3 is 0 Å². The summed E-state index contributed by atoms with van der Waals surface area (Å²) in [6, 6.07) is 104. The monoisotopic (exact) mass is 1820 g/mol. The van der Waals surface area contributed by atoms with Crippen molar-refractivity contribution in [2.75, 3.05) is 9.80 Å². The second-order valence-electron chi connectivity index (χ2n) is 47.0. The van der Waals surface area contributed by atoms with Crippen LogP contribution in [0.3, 0.4) is 0 Å². The third-order valence-corrected chi connectivity index (χ3v) is 39.8. The molecule has 20 aromatic rings. The summed E-state index contributed by atoms with van der Waals surface area (Å²) in [5.74, 6) is 0. The zero-order valence-corrected chi connectivity index (χ0v) is 84.4. The van der Waals surface area contributed by atoms with E-state index in [1.807, 2.05) is 0 Å². The molecule has 9 aliphatic rings. The Kier molecular flexibility index (Phi) is 15.7. The average molecular weight is 1820 g/mol. The lowest BCUT2D eigenvalue weighted by molar-refractivity contribution is 0.541. The highest BCUT2D eigenvalue weighted by Gasteiger charge is 2.58. The Balaban J connectivity index is 0.000000139. The molecule has 9 heteroatoms. The Bertz CT molecular complexity index is 8700. The number of rotatable bonds is 1. The summed E-state index contributed by atoms with van der Waals surface area (Å²) in [7, 11) is -2.00. The highest BCUT2D eigenvalue weighted by molar-refractivity contribution is 8.02. The van der Waals surface area contributed by atoms with Crippen molar-refractivity contribution < 1.29 is 8.83 Å². The number of fused-ring (bicyclic) bond motifs is 29. The zero-order valence-electron chi connectivity index (χ0n) is 81.8. The maximum absolute atomic E-state index is 7.54. The minimum Gasteiger partial charge on any atom is -0.455 e. The Morgan fingerprint density at radius 1 is 0.309 bits per heavy atom. The SMILES string of the molecule is CC(C)(C)c1cc2c3c(c1)N1c4ccc(C(C)(C)C)cc4C(C)(C)c4c(C(C)(C)C)cc5c(c41)P3c1c(cc(C(C)(C)C)c3c1N2c1ccc(C(C)(C)C)cc1C3(C)C)S5.Cc1cc2oc3cc(C)cc4c3p3c2c(c1)n(-c1ccc2c(c1)C1(c5ccccc5-c5ccccc51)c1ccccc1-2)c1cc(C)c2oc5cc6c(cc5n4c2c13)C1(c2ccccc2-c2ccccc21)c1ccccc1-6. The quantitative estimate of drug-likeness (QED) is 0.0931. The second kappa shape index (κ2) is 26.2. The first-order chi connectivity index (χ1) is 64.9. The molecule has 2 spiro atoms. The molecule has 0 bridgehead atoms. The van der Waals surface area contributed by atoms with E-state index in [0.717, 1.165) is 50.2 Å². The van der Waals surface area contributed by atoms with Gasteiger partial charge in [0.2, 0.25) is 0 Å². The van der Waals surface area contributed by atoms with Gasteiger partial charge < -0.3 is 27.6 Å². The molecule has 0 radical (unpaired) electrons. The smallest absolute Gasteiger partial charge is 0.155 e. The Morgan fingerprint density at radius 2 is 0.713 bits per heavy atom. The van der Waals surface area contributed by atoms with Crippen molar-refractivity contribution in [2.24, 2.45) is 0 Å². The first kappa shape index (κ1) is 81.7. The van der Waals surface area contributed by atoms with E-state index in [-0.39, 0.29) is 37.9 Å². The maximum atomic E-state index is 7.54. The second-order valence-corrected chi connectivity index (χ2v) is 52.1. The van der Waals surface area contributed by atoms with Crippen molar-refractivity contribution in [3.8, 4) is 50.2 Å². The van der Waals surface area contributed by atoms with E-state index in [2.05, 4.69) is 450 Å². The predicted molar refractivity (Wildman–Crippen MR) is 575 cm³/mol. The summed E-state index contributed by atoms with van der Waals surface area (Å²) < 4.78 is 20.0. The first-order valence-electron chi connectivity index (χ1n) is 49.0. The normalized spacial score (nSPS) is 16.3. The molecular formula is C127H110N4O2P2S. The summed E-state index contributed by atoms with van der Waals surface area (Å²) in [5, 5.41) is 8.54. The van der Waals surface area contributed by atoms with E-state index in [1.165, 1.54) is 226 Å². The summed E-state index contributed by atoms with van der Waals surface area (Å²) in [6.07, 6.45) is 0. The van der Waals surface area contributed by atoms with E-state index >= 15 is 0 Å². The summed E-state index contributed by atoms with van der Waals surface area (Å²) >= 11 is 2.06. The van der Waals surface area contributed by atoms with Crippen LogP contribution in [0.4, 0.5) is 34.1 Å². The molecule has 0 saturated carbocycles. The highest BCUT2D eigenvalue weighted by Crippen LogP contribution is 2.73. The van der Waals surface area contributed by atoms with Crippen molar-refractivity contribution >= 4 is 142 Å². The van der Waals surface area contributed by atoms with Gasteiger partial charge in [-0.3, -0.25) is 0 Å². The van der Waals surface area contributed by atoms with E-state index in [1.54, 1.807) is 10.6 Å². The fraction of sp³-hybridized carbons (Fsp3) is 0.244. The molecule has 1 atom stereocenters. The van der Waals surface area contributed by atoms with Crippen LogP contribution >= 0.6 is 27.0 Å². The molecule has 0 fully saturated rings. The van der Waals surface area contributed by atoms with Gasteiger partial charge in [0, 0.05) is 42.2 Å². The predicted octanol–water partition coefficient (Wildman–Crippen LogP) is 34.0. The van der Waals surface area contributed by atoms with Crippen molar-refractivity contribution in [2.45, 2.75) is 211 Å². The molecule has 5 aliphatic heterocycles. The first-order valence-corrected chi connectivity index (χ1v) is 52.5. The van der Waals surface area contributed by atoms with Crippen LogP contribution < -0.4 is 25.7 Å². The number of aryl methyl sites for hydroxylation is 3. The van der Waals surface area contributed by atoms with Crippen molar-refractivity contribution in [3.05, 3.63) is 378 Å². The molecule has 4 aromatic heterocycles. The molecule has 666 valence electrons. The third-order valence-electron chi connectivity index (χ3n) is 33.1. The van der Waals surface area contributed by atoms with Crippen LogP contribution in [0.2, 0.25) is 0 Å². The lowest BCUT2D eigenvalue weighted by Gasteiger charge is -2.56. The van der Waals surface area contributed by atoms with Gasteiger partial charge in [-0.15, -0.1) is 0 Å². The number of hydrogen-bond donors (Lipinski definition) is 0. The van der Waals surface area contributed by atoms with Gasteiger partial charge in [0.15, 0.2) is 11.2 Å². The number of aromatic nitrogens is 2. The fourth-order valence-corrected chi connectivity index (χ4v) is 34.6. The fourth-order valence-electron chi connectivity index (χ4n) is 27.0. The van der Waals surface area contributed by atoms with Crippen molar-refractivity contribution in [3.63, 3.8) is 0 Å². The Labute approximate surface area is 803 Å². The lowest BCUT2D eigenvalue weighted by atomic mass is 9.66. The van der Waals surface area contributed by atoms with Gasteiger partial charge in [0.1, 0.15) is 16.7 Å². The number of nitrogens with zero attached hydrogens (tertiary/aromatic N) is 4.